The van der Waals surface area contributed by atoms with E-state index in [0.29, 0.717) is 11.6 Å². The number of hydrogen-bond donors (Lipinski definition) is 1. The summed E-state index contributed by atoms with van der Waals surface area (Å²) in [5.41, 5.74) is 0.485. The van der Waals surface area contributed by atoms with Crippen molar-refractivity contribution >= 4 is 34.7 Å². The van der Waals surface area contributed by atoms with Crippen LogP contribution in [0.15, 0.2) is 18.2 Å². The van der Waals surface area contributed by atoms with E-state index in [-0.39, 0.29) is 10.7 Å². The summed E-state index contributed by atoms with van der Waals surface area (Å²) in [7, 11) is 0. The number of anilines is 1. The summed E-state index contributed by atoms with van der Waals surface area (Å²) in [6.45, 7) is 0.772. The van der Waals surface area contributed by atoms with Gasteiger partial charge in [-0.15, -0.1) is 0 Å². The van der Waals surface area contributed by atoms with Gasteiger partial charge in [-0.3, -0.25) is 10.1 Å². The summed E-state index contributed by atoms with van der Waals surface area (Å²) < 4.78 is 0. The molecule has 1 fully saturated rings. The Hall–Kier alpha value is -0.940. The van der Waals surface area contributed by atoms with Gasteiger partial charge in [0.25, 0.3) is 0 Å². The zero-order chi connectivity index (χ0) is 12.3. The lowest BCUT2D eigenvalue weighted by Crippen LogP contribution is -2.14. The lowest BCUT2D eigenvalue weighted by Gasteiger charge is -2.11. The first kappa shape index (κ1) is 12.5. The van der Waals surface area contributed by atoms with Crippen LogP contribution in [0.1, 0.15) is 6.42 Å². The molecule has 6 heteroatoms. The highest BCUT2D eigenvalue weighted by Gasteiger charge is 2.20. The number of nitro benzene ring substituents is 1. The number of thioether (sulfide) groups is 1. The van der Waals surface area contributed by atoms with Crippen LogP contribution in [0.5, 0.6) is 0 Å². The van der Waals surface area contributed by atoms with Crippen molar-refractivity contribution in [3.05, 3.63) is 33.3 Å². The van der Waals surface area contributed by atoms with Gasteiger partial charge in [-0.1, -0.05) is 17.7 Å². The van der Waals surface area contributed by atoms with Crippen LogP contribution >= 0.6 is 23.4 Å². The molecular formula is C11H13ClN2O2S. The van der Waals surface area contributed by atoms with Crippen LogP contribution in [0.4, 0.5) is 11.4 Å². The molecule has 1 aromatic rings. The molecule has 17 heavy (non-hydrogen) atoms. The van der Waals surface area contributed by atoms with Crippen molar-refractivity contribution in [3.8, 4) is 0 Å². The van der Waals surface area contributed by atoms with Crippen LogP contribution < -0.4 is 5.32 Å². The molecule has 0 aromatic heterocycles. The molecule has 1 saturated heterocycles. The summed E-state index contributed by atoms with van der Waals surface area (Å²) in [5.74, 6) is 2.91. The molecular weight excluding hydrogens is 260 g/mol. The van der Waals surface area contributed by atoms with Gasteiger partial charge in [0.1, 0.15) is 10.7 Å². The second-order valence-corrected chi connectivity index (χ2v) is 5.56. The third-order valence-corrected chi connectivity index (χ3v) is 4.31. The molecule has 0 bridgehead atoms. The van der Waals surface area contributed by atoms with Gasteiger partial charge >= 0.3 is 5.69 Å². The van der Waals surface area contributed by atoms with Crippen LogP contribution in [-0.4, -0.2) is 23.0 Å². The van der Waals surface area contributed by atoms with E-state index in [9.17, 15) is 10.1 Å². The second-order valence-electron chi connectivity index (χ2n) is 4.00. The molecule has 1 unspecified atom stereocenters. The fourth-order valence-corrected chi connectivity index (χ4v) is 3.37. The zero-order valence-electron chi connectivity index (χ0n) is 9.19. The molecule has 1 aliphatic rings. The van der Waals surface area contributed by atoms with Crippen molar-refractivity contribution in [1.82, 2.24) is 0 Å². The number of benzene rings is 1. The van der Waals surface area contributed by atoms with Gasteiger partial charge in [-0.2, -0.15) is 11.8 Å². The summed E-state index contributed by atoms with van der Waals surface area (Å²) in [6, 6.07) is 4.96. The second kappa shape index (κ2) is 5.60. The SMILES string of the molecule is O=[N+]([O-])c1c(Cl)cccc1NCC1CCSC1. The van der Waals surface area contributed by atoms with E-state index in [0.717, 1.165) is 12.3 Å². The quantitative estimate of drug-likeness (QED) is 0.674. The van der Waals surface area contributed by atoms with Gasteiger partial charge in [0.15, 0.2) is 0 Å². The highest BCUT2D eigenvalue weighted by molar-refractivity contribution is 7.99. The van der Waals surface area contributed by atoms with E-state index in [1.54, 1.807) is 12.1 Å². The third-order valence-electron chi connectivity index (χ3n) is 2.77. The molecule has 0 aliphatic carbocycles. The number of nitro groups is 1. The molecule has 0 spiro atoms. The molecule has 1 N–H and O–H groups in total. The Bertz CT molecular complexity index is 422. The lowest BCUT2D eigenvalue weighted by molar-refractivity contribution is -0.383. The summed E-state index contributed by atoms with van der Waals surface area (Å²) >= 11 is 7.77. The lowest BCUT2D eigenvalue weighted by atomic mass is 10.1. The van der Waals surface area contributed by atoms with Gasteiger partial charge < -0.3 is 5.32 Å². The number of rotatable bonds is 4. The van der Waals surface area contributed by atoms with Gasteiger partial charge in [-0.05, 0) is 36.0 Å². The Morgan fingerprint density at radius 1 is 1.59 bits per heavy atom. The number of hydrogen-bond acceptors (Lipinski definition) is 4. The minimum Gasteiger partial charge on any atom is -0.379 e. The largest absolute Gasteiger partial charge is 0.379 e. The predicted molar refractivity (Wildman–Crippen MR) is 72.0 cm³/mol. The highest BCUT2D eigenvalue weighted by atomic mass is 35.5. The fraction of sp³-hybridized carbons (Fsp3) is 0.455. The Morgan fingerprint density at radius 3 is 3.06 bits per heavy atom. The molecule has 1 aliphatic heterocycles. The normalized spacial score (nSPS) is 19.2. The van der Waals surface area contributed by atoms with E-state index in [4.69, 9.17) is 11.6 Å². The molecule has 0 radical (unpaired) electrons. The summed E-state index contributed by atoms with van der Waals surface area (Å²) in [5, 5.41) is 14.2. The van der Waals surface area contributed by atoms with Gasteiger partial charge in [0.2, 0.25) is 0 Å². The average molecular weight is 273 g/mol. The fourth-order valence-electron chi connectivity index (χ4n) is 1.84. The van der Waals surface area contributed by atoms with Crippen LogP contribution in [0, 0.1) is 16.0 Å². The number of nitrogens with one attached hydrogen (secondary N) is 1. The van der Waals surface area contributed by atoms with E-state index in [1.807, 2.05) is 11.8 Å². The van der Waals surface area contributed by atoms with Gasteiger partial charge in [0, 0.05) is 6.54 Å². The van der Waals surface area contributed by atoms with Crippen molar-refractivity contribution in [1.29, 1.82) is 0 Å². The predicted octanol–water partition coefficient (Wildman–Crippen LogP) is 3.41. The van der Waals surface area contributed by atoms with Gasteiger partial charge in [0.05, 0.1) is 4.92 Å². The first-order valence-electron chi connectivity index (χ1n) is 5.43. The highest BCUT2D eigenvalue weighted by Crippen LogP contribution is 2.33. The first-order valence-corrected chi connectivity index (χ1v) is 6.96. The molecule has 0 amide bonds. The van der Waals surface area contributed by atoms with Crippen molar-refractivity contribution in [2.45, 2.75) is 6.42 Å². The smallest absolute Gasteiger partial charge is 0.310 e. The minimum atomic E-state index is -0.436. The number of nitrogens with zero attached hydrogens (tertiary/aromatic N) is 1. The van der Waals surface area contributed by atoms with Crippen molar-refractivity contribution < 1.29 is 4.92 Å². The van der Waals surface area contributed by atoms with E-state index in [2.05, 4.69) is 5.32 Å². The van der Waals surface area contributed by atoms with E-state index in [1.165, 1.54) is 18.2 Å². The zero-order valence-corrected chi connectivity index (χ0v) is 10.8. The summed E-state index contributed by atoms with van der Waals surface area (Å²) in [6.07, 6.45) is 1.17. The van der Waals surface area contributed by atoms with Crippen LogP contribution in [0.3, 0.4) is 0 Å². The van der Waals surface area contributed by atoms with Gasteiger partial charge in [-0.25, -0.2) is 0 Å². The maximum absolute atomic E-state index is 10.9. The van der Waals surface area contributed by atoms with Crippen LogP contribution in [0.25, 0.3) is 0 Å². The summed E-state index contributed by atoms with van der Waals surface area (Å²) in [4.78, 5) is 10.5. The first-order chi connectivity index (χ1) is 8.18. The van der Waals surface area contributed by atoms with Crippen molar-refractivity contribution in [2.75, 3.05) is 23.4 Å². The molecule has 92 valence electrons. The Morgan fingerprint density at radius 2 is 2.41 bits per heavy atom. The molecule has 1 aromatic carbocycles. The Labute approximate surface area is 109 Å². The topological polar surface area (TPSA) is 55.2 Å². The molecule has 4 nitrogen and oxygen atoms in total. The monoisotopic (exact) mass is 272 g/mol. The standard InChI is InChI=1S/C11H13ClN2O2S/c12-9-2-1-3-10(11(9)14(15)16)13-6-8-4-5-17-7-8/h1-3,8,13H,4-7H2. The van der Waals surface area contributed by atoms with E-state index >= 15 is 0 Å². The van der Waals surface area contributed by atoms with Crippen molar-refractivity contribution in [3.63, 3.8) is 0 Å². The number of halogens is 1. The molecule has 2 rings (SSSR count). The van der Waals surface area contributed by atoms with Crippen LogP contribution in [-0.2, 0) is 0 Å². The van der Waals surface area contributed by atoms with E-state index < -0.39 is 4.92 Å². The Kier molecular flexibility index (Phi) is 4.12. The molecule has 1 heterocycles. The third kappa shape index (κ3) is 3.04. The maximum Gasteiger partial charge on any atom is 0.310 e. The average Bonchev–Trinajstić information content (AvgIpc) is 2.78. The minimum absolute atomic E-state index is 0.0279. The molecule has 1 atom stereocenters. The van der Waals surface area contributed by atoms with Crippen LogP contribution in [0.2, 0.25) is 5.02 Å². The number of para-hydroxylation sites is 1. The Balaban J connectivity index is 2.09. The van der Waals surface area contributed by atoms with Crippen molar-refractivity contribution in [2.24, 2.45) is 5.92 Å². The molecule has 0 saturated carbocycles. The maximum atomic E-state index is 10.9.